The fourth-order valence-corrected chi connectivity index (χ4v) is 12.1. The zero-order valence-electron chi connectivity index (χ0n) is 52.9. The molecule has 0 saturated carbocycles. The van der Waals surface area contributed by atoms with E-state index in [1.807, 2.05) is 0 Å². The molecule has 6 fully saturated rings. The van der Waals surface area contributed by atoms with Gasteiger partial charge in [-0.05, 0) is 41.3 Å². The van der Waals surface area contributed by atoms with Crippen molar-refractivity contribution >= 4 is 64.9 Å². The lowest BCUT2D eigenvalue weighted by Gasteiger charge is -2.46. The van der Waals surface area contributed by atoms with Crippen molar-refractivity contribution in [1.82, 2.24) is 52.8 Å². The Balaban J connectivity index is 1.10. The molecule has 6 aliphatic heterocycles. The molecule has 98 heavy (non-hydrogen) atoms. The predicted octanol–water partition coefficient (Wildman–Crippen LogP) is -10.9. The predicted molar refractivity (Wildman–Crippen MR) is 330 cm³/mol. The third-order valence-electron chi connectivity index (χ3n) is 17.5. The number of benzene rings is 2. The average Bonchev–Trinajstić information content (AvgIpc) is 1.43. The summed E-state index contributed by atoms with van der Waals surface area (Å²) in [6, 6.07) is -1.70. The first kappa shape index (κ1) is 76.4. The molecule has 8 rings (SSSR count). The lowest BCUT2D eigenvalue weighted by molar-refractivity contribution is -0.353. The number of nitrogens with zero attached hydrogens (tertiary/aromatic N) is 1. The number of amides is 6. The molecule has 6 heterocycles. The van der Waals surface area contributed by atoms with E-state index in [1.54, 1.807) is 26.0 Å². The number of ether oxygens (including phenoxy) is 6. The number of halogens is 1. The molecule has 38 nitrogen and oxygen atoms in total. The molecule has 0 bridgehead atoms. The number of rotatable bonds is 20. The standard InChI is InChI=1S/C59H85ClN12O26/c1-21(2)12-35(78)97-49-42(82)32(19-75)95-57(47(49)87)98-48-33(20-76)96-56(46(86)44(48)84)93-26-10-4-23(5-11-26)13-27-51(89)70-37(39(79)28-14-64-58(61)68-28)54(92)71-38(40(80)30-15-65-59(62)72(30)55-45(85)43(83)41(81)31(18-74)94-55)53(91)67-29(17-73)50(88)63-16-34(77)69-36(52(90)66-27)22(3)24-6-8-25(60)9-7-24/h4-11,21-22,27-33,36-49,55-57,73-76,79-87H,12-20H2,1-3H3,(H2,62,65)(H,63,88)(H,66,90)(H,67,91)(H,69,77)(H,70,89)(H,71,92)(H3,61,64,68). The number of esters is 1. The van der Waals surface area contributed by atoms with Crippen LogP contribution in [-0.4, -0.2) is 317 Å². The number of carbonyl (C=O) groups excluding carboxylic acids is 7. The van der Waals surface area contributed by atoms with Gasteiger partial charge in [0.2, 0.25) is 41.7 Å². The molecule has 6 aliphatic rings. The van der Waals surface area contributed by atoms with Crippen molar-refractivity contribution in [3.8, 4) is 5.75 Å². The Bertz CT molecular complexity index is 3130. The Labute approximate surface area is 563 Å². The molecule has 25 atom stereocenters. The van der Waals surface area contributed by atoms with E-state index in [1.165, 1.54) is 43.3 Å². The van der Waals surface area contributed by atoms with Crippen LogP contribution >= 0.6 is 11.6 Å². The first-order chi connectivity index (χ1) is 46.5. The van der Waals surface area contributed by atoms with E-state index >= 15 is 9.59 Å². The van der Waals surface area contributed by atoms with E-state index < -0.39 is 246 Å². The van der Waals surface area contributed by atoms with Crippen molar-refractivity contribution in [3.05, 3.63) is 64.7 Å². The van der Waals surface area contributed by atoms with Gasteiger partial charge in [0.05, 0.1) is 45.1 Å². The van der Waals surface area contributed by atoms with Crippen molar-refractivity contribution in [2.45, 2.75) is 186 Å². The second-order valence-electron chi connectivity index (χ2n) is 24.8. The maximum absolute atomic E-state index is 15.2. The van der Waals surface area contributed by atoms with Crippen LogP contribution in [-0.2, 0) is 63.7 Å². The van der Waals surface area contributed by atoms with Gasteiger partial charge in [-0.3, -0.25) is 44.4 Å². The van der Waals surface area contributed by atoms with Gasteiger partial charge in [-0.1, -0.05) is 56.6 Å². The Kier molecular flexibility index (Phi) is 26.3. The highest BCUT2D eigenvalue weighted by atomic mass is 35.5. The van der Waals surface area contributed by atoms with E-state index in [0.29, 0.717) is 10.6 Å². The first-order valence-corrected chi connectivity index (χ1v) is 31.7. The van der Waals surface area contributed by atoms with Gasteiger partial charge in [0.15, 0.2) is 30.5 Å². The zero-order chi connectivity index (χ0) is 71.7. The van der Waals surface area contributed by atoms with Gasteiger partial charge in [0.25, 0.3) is 0 Å². The van der Waals surface area contributed by atoms with Crippen LogP contribution in [0, 0.1) is 16.7 Å². The molecule has 0 spiro atoms. The summed E-state index contributed by atoms with van der Waals surface area (Å²) in [7, 11) is 0. The van der Waals surface area contributed by atoms with Crippen LogP contribution in [0.1, 0.15) is 44.2 Å². The van der Waals surface area contributed by atoms with Crippen LogP contribution in [0.2, 0.25) is 5.02 Å². The van der Waals surface area contributed by atoms with E-state index in [2.05, 4.69) is 47.9 Å². The zero-order valence-corrected chi connectivity index (χ0v) is 53.7. The van der Waals surface area contributed by atoms with Crippen LogP contribution in [0.4, 0.5) is 0 Å². The molecule has 6 saturated heterocycles. The number of guanidine groups is 2. The van der Waals surface area contributed by atoms with Crippen molar-refractivity contribution in [2.75, 3.05) is 46.1 Å². The molecule has 25 unspecified atom stereocenters. The Morgan fingerprint density at radius 3 is 1.82 bits per heavy atom. The molecule has 0 aliphatic carbocycles. The maximum atomic E-state index is 15.2. The lowest BCUT2D eigenvalue weighted by atomic mass is 9.92. The molecule has 544 valence electrons. The summed E-state index contributed by atoms with van der Waals surface area (Å²) in [6.45, 7) is -0.614. The summed E-state index contributed by atoms with van der Waals surface area (Å²) >= 11 is 6.19. The number of nitrogens with one attached hydrogen (secondary N) is 11. The van der Waals surface area contributed by atoms with Gasteiger partial charge in [-0.15, -0.1) is 0 Å². The molecule has 2 aromatic carbocycles. The number of carbonyl (C=O) groups is 7. The summed E-state index contributed by atoms with van der Waals surface area (Å²) in [5.41, 5.74) is 0.597. The number of aliphatic hydroxyl groups is 13. The second kappa shape index (κ2) is 33.7. The van der Waals surface area contributed by atoms with Crippen LogP contribution in [0.5, 0.6) is 5.75 Å². The molecule has 24 N–H and O–H groups in total. The van der Waals surface area contributed by atoms with Crippen LogP contribution in [0.15, 0.2) is 48.5 Å². The maximum Gasteiger partial charge on any atom is 0.306 e. The highest BCUT2D eigenvalue weighted by molar-refractivity contribution is 6.30. The molecule has 2 aromatic rings. The van der Waals surface area contributed by atoms with E-state index in [-0.39, 0.29) is 36.2 Å². The molecular weight excluding hydrogens is 1330 g/mol. The Morgan fingerprint density at radius 2 is 1.19 bits per heavy atom. The van der Waals surface area contributed by atoms with Gasteiger partial charge in [-0.25, -0.2) is 0 Å². The minimum absolute atomic E-state index is 0.0986. The Morgan fingerprint density at radius 1 is 0.592 bits per heavy atom. The van der Waals surface area contributed by atoms with Gasteiger partial charge < -0.3 is 148 Å². The SMILES string of the molecule is CC(C)CC(=O)OC1C(O)C(CO)OC(OC2C(CO)OC(Oc3ccc(CC4NC(=O)C(C(C)c5ccc(Cl)cc5)NC(=O)CNC(=O)C(CO)NC(=O)C(C(O)C5CNC(=N)N5C5OC(CO)C(O)C(O)C5O)NC(=O)C(C(O)C5CNC(=N)N5)NC4=O)cc3)C(O)C2O)C1O. The number of hydrogen-bond donors (Lipinski definition) is 24. The largest absolute Gasteiger partial charge is 0.462 e. The monoisotopic (exact) mass is 1410 g/mol. The van der Waals surface area contributed by atoms with Crippen LogP contribution in [0.3, 0.4) is 0 Å². The highest BCUT2D eigenvalue weighted by Crippen LogP contribution is 2.33. The van der Waals surface area contributed by atoms with E-state index in [0.717, 1.165) is 4.90 Å². The lowest BCUT2D eigenvalue weighted by Crippen LogP contribution is -2.69. The van der Waals surface area contributed by atoms with Crippen LogP contribution < -0.4 is 52.6 Å². The average molecular weight is 1410 g/mol. The Hall–Kier alpha value is -7.32. The summed E-state index contributed by atoms with van der Waals surface area (Å²) < 4.78 is 34.1. The van der Waals surface area contributed by atoms with Crippen molar-refractivity contribution in [1.29, 1.82) is 10.8 Å². The minimum atomic E-state index is -2.38. The van der Waals surface area contributed by atoms with Gasteiger partial charge >= 0.3 is 5.97 Å². The summed E-state index contributed by atoms with van der Waals surface area (Å²) in [5, 5.41) is 182. The summed E-state index contributed by atoms with van der Waals surface area (Å²) in [6.07, 6.45) is -32.2. The molecule has 0 radical (unpaired) electrons. The van der Waals surface area contributed by atoms with E-state index in [4.69, 9.17) is 50.8 Å². The summed E-state index contributed by atoms with van der Waals surface area (Å²) in [5.74, 6) is -10.5. The molecule has 6 amide bonds. The third-order valence-corrected chi connectivity index (χ3v) is 17.7. The van der Waals surface area contributed by atoms with Gasteiger partial charge in [0, 0.05) is 36.9 Å². The quantitative estimate of drug-likeness (QED) is 0.0547. The van der Waals surface area contributed by atoms with Gasteiger partial charge in [-0.2, -0.15) is 0 Å². The number of hydrogen-bond acceptors (Lipinski definition) is 28. The summed E-state index contributed by atoms with van der Waals surface area (Å²) in [4.78, 5) is 101. The second-order valence-corrected chi connectivity index (χ2v) is 25.3. The minimum Gasteiger partial charge on any atom is -0.462 e. The fourth-order valence-electron chi connectivity index (χ4n) is 11.9. The topological polar surface area (TPSA) is 597 Å². The van der Waals surface area contributed by atoms with Crippen molar-refractivity contribution < 1.29 is 128 Å². The van der Waals surface area contributed by atoms with Crippen LogP contribution in [0.25, 0.3) is 0 Å². The van der Waals surface area contributed by atoms with Crippen molar-refractivity contribution in [3.63, 3.8) is 0 Å². The molecular formula is C59H85ClN12O26. The fraction of sp³-hybridized carbons (Fsp3) is 0.644. The van der Waals surface area contributed by atoms with E-state index in [9.17, 15) is 90.4 Å². The normalized spacial score (nSPS) is 35.7. The van der Waals surface area contributed by atoms with Crippen molar-refractivity contribution in [2.24, 2.45) is 5.92 Å². The molecule has 39 heteroatoms. The first-order valence-electron chi connectivity index (χ1n) is 31.4. The van der Waals surface area contributed by atoms with Gasteiger partial charge in [0.1, 0.15) is 115 Å². The number of aliphatic hydroxyl groups excluding tert-OH is 13. The third kappa shape index (κ3) is 17.8. The smallest absolute Gasteiger partial charge is 0.306 e. The molecule has 0 aromatic heterocycles. The highest BCUT2D eigenvalue weighted by Gasteiger charge is 2.55.